The smallest absolute Gasteiger partial charge is 0.408 e. The zero-order valence-electron chi connectivity index (χ0n) is 23.5. The predicted octanol–water partition coefficient (Wildman–Crippen LogP) is 3.80. The van der Waals surface area contributed by atoms with Gasteiger partial charge in [-0.3, -0.25) is 14.4 Å². The fourth-order valence-corrected chi connectivity index (χ4v) is 3.89. The van der Waals surface area contributed by atoms with E-state index in [-0.39, 0.29) is 25.3 Å². The van der Waals surface area contributed by atoms with Crippen molar-refractivity contribution in [1.29, 1.82) is 0 Å². The van der Waals surface area contributed by atoms with Gasteiger partial charge in [0.1, 0.15) is 17.7 Å². The van der Waals surface area contributed by atoms with Crippen LogP contribution in [0.5, 0.6) is 0 Å². The van der Waals surface area contributed by atoms with Crippen molar-refractivity contribution in [1.82, 2.24) is 15.5 Å². The summed E-state index contributed by atoms with van der Waals surface area (Å²) in [7, 11) is 0. The van der Waals surface area contributed by atoms with Crippen LogP contribution in [0, 0.1) is 12.3 Å². The topological polar surface area (TPSA) is 131 Å². The van der Waals surface area contributed by atoms with Gasteiger partial charge in [-0.2, -0.15) is 0 Å². The van der Waals surface area contributed by atoms with Gasteiger partial charge in [-0.05, 0) is 51.7 Å². The number of hydrogen-bond donors (Lipinski definition) is 3. The van der Waals surface area contributed by atoms with Gasteiger partial charge in [0.15, 0.2) is 0 Å². The Morgan fingerprint density at radius 1 is 1.08 bits per heavy atom. The molecule has 0 aliphatic carbocycles. The van der Waals surface area contributed by atoms with Crippen LogP contribution in [0.25, 0.3) is 0 Å². The quantitative estimate of drug-likeness (QED) is 0.235. The highest BCUT2D eigenvalue weighted by Crippen LogP contribution is 2.27. The molecule has 0 saturated carbocycles. The van der Waals surface area contributed by atoms with Gasteiger partial charge in [0.25, 0.3) is 0 Å². The first-order valence-electron chi connectivity index (χ1n) is 13.4. The number of nitrogens with one attached hydrogen (secondary N) is 2. The van der Waals surface area contributed by atoms with Crippen LogP contribution < -0.4 is 16.4 Å². The number of ether oxygens (including phenoxy) is 1. The summed E-state index contributed by atoms with van der Waals surface area (Å²) in [5.41, 5.74) is 5.56. The van der Waals surface area contributed by atoms with Crippen LogP contribution in [0.4, 0.5) is 4.79 Å². The van der Waals surface area contributed by atoms with Crippen molar-refractivity contribution in [3.8, 4) is 12.3 Å². The average molecular weight is 529 g/mol. The highest BCUT2D eigenvalue weighted by molar-refractivity contribution is 5.92. The van der Waals surface area contributed by atoms with E-state index in [9.17, 15) is 19.2 Å². The van der Waals surface area contributed by atoms with Crippen molar-refractivity contribution in [2.75, 3.05) is 13.1 Å². The Labute approximate surface area is 227 Å². The summed E-state index contributed by atoms with van der Waals surface area (Å²) in [6.45, 7) is 9.86. The summed E-state index contributed by atoms with van der Waals surface area (Å²) >= 11 is 0. The van der Waals surface area contributed by atoms with E-state index in [0.29, 0.717) is 24.1 Å². The molecule has 2 unspecified atom stereocenters. The molecule has 0 aromatic heterocycles. The van der Waals surface area contributed by atoms with Crippen LogP contribution in [0.15, 0.2) is 24.3 Å². The lowest BCUT2D eigenvalue weighted by atomic mass is 9.96. The minimum atomic E-state index is -1.14. The third-order valence-corrected chi connectivity index (χ3v) is 5.75. The molecule has 9 nitrogen and oxygen atoms in total. The van der Waals surface area contributed by atoms with Crippen LogP contribution in [0.1, 0.15) is 96.7 Å². The lowest BCUT2D eigenvalue weighted by Crippen LogP contribution is -2.53. The summed E-state index contributed by atoms with van der Waals surface area (Å²) < 4.78 is 5.35. The normalized spacial score (nSPS) is 12.5. The first-order valence-corrected chi connectivity index (χ1v) is 13.4. The maximum Gasteiger partial charge on any atom is 0.408 e. The van der Waals surface area contributed by atoms with E-state index in [1.165, 1.54) is 4.90 Å². The summed E-state index contributed by atoms with van der Waals surface area (Å²) in [5, 5.41) is 5.54. The second-order valence-electron chi connectivity index (χ2n) is 10.2. The second-order valence-corrected chi connectivity index (χ2v) is 10.2. The number of amides is 4. The van der Waals surface area contributed by atoms with E-state index in [1.807, 2.05) is 6.92 Å². The van der Waals surface area contributed by atoms with Crippen LogP contribution in [0.2, 0.25) is 0 Å². The van der Waals surface area contributed by atoms with Crippen LogP contribution >= 0.6 is 0 Å². The molecule has 0 saturated heterocycles. The summed E-state index contributed by atoms with van der Waals surface area (Å²) in [6, 6.07) is 4.82. The third kappa shape index (κ3) is 11.2. The molecule has 1 aromatic carbocycles. The largest absolute Gasteiger partial charge is 0.444 e. The van der Waals surface area contributed by atoms with Gasteiger partial charge < -0.3 is 26.0 Å². The number of hydrogen-bond acceptors (Lipinski definition) is 5. The van der Waals surface area contributed by atoms with E-state index in [1.54, 1.807) is 45.0 Å². The summed E-state index contributed by atoms with van der Waals surface area (Å²) in [5.74, 6) is 1.12. The maximum absolute atomic E-state index is 14.0. The molecule has 38 heavy (non-hydrogen) atoms. The van der Waals surface area contributed by atoms with Gasteiger partial charge in [0.2, 0.25) is 17.7 Å². The minimum absolute atomic E-state index is 0.0440. The van der Waals surface area contributed by atoms with Crippen LogP contribution in [-0.4, -0.2) is 53.4 Å². The van der Waals surface area contributed by atoms with E-state index < -0.39 is 35.6 Å². The van der Waals surface area contributed by atoms with Crippen molar-refractivity contribution in [2.24, 2.45) is 5.73 Å². The Hall–Kier alpha value is -3.54. The SMILES string of the molecule is C#Cc1ccccc1C(C(=O)NCCCCC)N(CCCC)C(=O)C(CCC(N)=O)NC(=O)OC(C)(C)C. The molecule has 0 aliphatic rings. The molecule has 9 heteroatoms. The lowest BCUT2D eigenvalue weighted by Gasteiger charge is -2.35. The molecule has 0 fully saturated rings. The number of primary amides is 1. The molecule has 0 aliphatic heterocycles. The predicted molar refractivity (Wildman–Crippen MR) is 148 cm³/mol. The van der Waals surface area contributed by atoms with Gasteiger partial charge in [-0.15, -0.1) is 6.42 Å². The Balaban J connectivity index is 3.50. The number of nitrogens with two attached hydrogens (primary N) is 1. The molecule has 1 rings (SSSR count). The summed E-state index contributed by atoms with van der Waals surface area (Å²) in [6.07, 6.45) is 8.90. The maximum atomic E-state index is 14.0. The van der Waals surface area contributed by atoms with Gasteiger partial charge in [-0.25, -0.2) is 4.79 Å². The third-order valence-electron chi connectivity index (χ3n) is 5.75. The van der Waals surface area contributed by atoms with E-state index >= 15 is 0 Å². The zero-order valence-corrected chi connectivity index (χ0v) is 23.5. The lowest BCUT2D eigenvalue weighted by molar-refractivity contribution is -0.142. The number of unbranched alkanes of at least 4 members (excludes halogenated alkanes) is 3. The Bertz CT molecular complexity index is 980. The fraction of sp³-hybridized carbons (Fsp3) is 0.586. The zero-order chi connectivity index (χ0) is 28.7. The van der Waals surface area contributed by atoms with E-state index in [2.05, 4.69) is 23.5 Å². The highest BCUT2D eigenvalue weighted by Gasteiger charge is 2.36. The standard InChI is InChI=1S/C29H44N4O5/c1-7-10-14-19-31-26(35)25(22-16-13-12-15-21(22)9-3)33(20-11-8-2)27(36)23(17-18-24(30)34)32-28(37)38-29(4,5)6/h3,12-13,15-16,23,25H,7-8,10-11,14,17-20H2,1-2,4-6H3,(H2,30,34)(H,31,35)(H,32,37). The van der Waals surface area contributed by atoms with Gasteiger partial charge in [0.05, 0.1) is 0 Å². The van der Waals surface area contributed by atoms with Gasteiger partial charge in [-0.1, -0.05) is 57.2 Å². The molecule has 210 valence electrons. The Morgan fingerprint density at radius 2 is 1.74 bits per heavy atom. The van der Waals surface area contributed by atoms with Crippen molar-refractivity contribution in [2.45, 2.75) is 97.2 Å². The number of alkyl carbamates (subject to hydrolysis) is 1. The summed E-state index contributed by atoms with van der Waals surface area (Å²) in [4.78, 5) is 53.3. The number of benzene rings is 1. The van der Waals surface area contributed by atoms with Crippen LogP contribution in [0.3, 0.4) is 0 Å². The molecule has 0 radical (unpaired) electrons. The molecule has 2 atom stereocenters. The Kier molecular flexibility index (Phi) is 14.0. The molecule has 0 spiro atoms. The first-order chi connectivity index (χ1) is 17.9. The number of rotatable bonds is 15. The average Bonchev–Trinajstić information content (AvgIpc) is 2.85. The first kappa shape index (κ1) is 32.5. The van der Waals surface area contributed by atoms with Crippen LogP contribution in [-0.2, 0) is 19.1 Å². The minimum Gasteiger partial charge on any atom is -0.444 e. The molecule has 1 aromatic rings. The van der Waals surface area contributed by atoms with E-state index in [4.69, 9.17) is 16.9 Å². The fourth-order valence-electron chi connectivity index (χ4n) is 3.89. The number of carbonyl (C=O) groups is 4. The molecular weight excluding hydrogens is 484 g/mol. The van der Waals surface area contributed by atoms with Crippen molar-refractivity contribution >= 4 is 23.8 Å². The number of terminal acetylenes is 1. The number of carbonyl (C=O) groups excluding carboxylic acids is 4. The monoisotopic (exact) mass is 528 g/mol. The van der Waals surface area contributed by atoms with Gasteiger partial charge in [0, 0.05) is 25.1 Å². The molecule has 0 heterocycles. The van der Waals surface area contributed by atoms with E-state index in [0.717, 1.165) is 25.7 Å². The molecule has 4 N–H and O–H groups in total. The van der Waals surface area contributed by atoms with Gasteiger partial charge >= 0.3 is 6.09 Å². The highest BCUT2D eigenvalue weighted by atomic mass is 16.6. The second kappa shape index (κ2) is 16.3. The van der Waals surface area contributed by atoms with Crippen molar-refractivity contribution in [3.63, 3.8) is 0 Å². The molecular formula is C29H44N4O5. The number of nitrogens with zero attached hydrogens (tertiary/aromatic N) is 1. The van der Waals surface area contributed by atoms with Crippen molar-refractivity contribution in [3.05, 3.63) is 35.4 Å². The molecule has 4 amide bonds. The van der Waals surface area contributed by atoms with Crippen molar-refractivity contribution < 1.29 is 23.9 Å². The Morgan fingerprint density at radius 3 is 2.32 bits per heavy atom. The molecule has 0 bridgehead atoms.